The van der Waals surface area contributed by atoms with Crippen molar-refractivity contribution >= 4 is 23.5 Å². The van der Waals surface area contributed by atoms with Gasteiger partial charge in [-0.1, -0.05) is 54.6 Å². The van der Waals surface area contributed by atoms with Gasteiger partial charge in [0.1, 0.15) is 29.8 Å². The number of hydrogen-bond acceptors (Lipinski definition) is 4. The Morgan fingerprint density at radius 2 is 1.68 bits per heavy atom. The van der Waals surface area contributed by atoms with Crippen molar-refractivity contribution in [3.05, 3.63) is 101 Å². The summed E-state index contributed by atoms with van der Waals surface area (Å²) in [5.74, 6) is -2.89. The van der Waals surface area contributed by atoms with Gasteiger partial charge in [0.05, 0.1) is 12.1 Å². The van der Waals surface area contributed by atoms with Gasteiger partial charge in [-0.2, -0.15) is 0 Å². The number of nitrogen functional groups attached to an aromatic ring is 1. The fourth-order valence-corrected chi connectivity index (χ4v) is 3.46. The van der Waals surface area contributed by atoms with Gasteiger partial charge in [-0.25, -0.2) is 13.2 Å². The molecule has 9 heteroatoms. The molecule has 178 valence electrons. The molecule has 3 aromatic carbocycles. The molecule has 1 amide bonds. The maximum absolute atomic E-state index is 14.9. The molecule has 0 fully saturated rings. The van der Waals surface area contributed by atoms with Gasteiger partial charge in [-0.3, -0.25) is 10.2 Å². The average Bonchev–Trinajstić information content (AvgIpc) is 2.82. The number of amides is 1. The van der Waals surface area contributed by atoms with Crippen molar-refractivity contribution in [3.63, 3.8) is 0 Å². The van der Waals surface area contributed by atoms with E-state index in [4.69, 9.17) is 32.4 Å². The van der Waals surface area contributed by atoms with Crippen LogP contribution in [0.5, 0.6) is 5.75 Å². The van der Waals surface area contributed by atoms with E-state index in [0.717, 1.165) is 22.1 Å². The number of amidine groups is 1. The summed E-state index contributed by atoms with van der Waals surface area (Å²) in [5, 5.41) is 7.43. The Hall–Kier alpha value is -3.49. The van der Waals surface area contributed by atoms with Crippen molar-refractivity contribution in [2.45, 2.75) is 26.2 Å². The third kappa shape index (κ3) is 6.30. The predicted octanol–water partition coefficient (Wildman–Crippen LogP) is 5.09. The number of ether oxygens (including phenoxy) is 2. The highest BCUT2D eigenvalue weighted by atomic mass is 35.5. The van der Waals surface area contributed by atoms with Crippen LogP contribution in [0.1, 0.15) is 35.3 Å². The van der Waals surface area contributed by atoms with E-state index in [2.05, 4.69) is 0 Å². The average molecular weight is 488 g/mol. The van der Waals surface area contributed by atoms with Gasteiger partial charge in [0.15, 0.2) is 6.10 Å². The lowest BCUT2D eigenvalue weighted by atomic mass is 10.1. The fourth-order valence-electron chi connectivity index (χ4n) is 3.24. The van der Waals surface area contributed by atoms with Gasteiger partial charge >= 0.3 is 0 Å². The van der Waals surface area contributed by atoms with Crippen molar-refractivity contribution in [1.29, 1.82) is 5.41 Å². The highest BCUT2D eigenvalue weighted by Gasteiger charge is 2.32. The standard InChI is InChI=1S/C25H24ClF2N3O3/c1-2-33-23(25(32)31(26)14-16-8-10-18(11-9-16)24(29)30)22-20(27)12-19(13-21(22)28)34-15-17-6-4-3-5-7-17/h3-13,23H,2,14-15H2,1H3,(H3,29,30). The molecule has 0 aliphatic carbocycles. The molecule has 0 aliphatic heterocycles. The summed E-state index contributed by atoms with van der Waals surface area (Å²) in [4.78, 5) is 13.0. The first kappa shape index (κ1) is 25.1. The van der Waals surface area contributed by atoms with Gasteiger partial charge in [0.25, 0.3) is 5.91 Å². The molecule has 3 N–H and O–H groups in total. The molecule has 0 aromatic heterocycles. The second-order valence-corrected chi connectivity index (χ2v) is 7.79. The molecule has 0 aliphatic rings. The fraction of sp³-hybridized carbons (Fsp3) is 0.200. The van der Waals surface area contributed by atoms with Gasteiger partial charge in [-0.05, 0) is 18.1 Å². The first-order valence-corrected chi connectivity index (χ1v) is 10.8. The number of carbonyl (C=O) groups excluding carboxylic acids is 1. The van der Waals surface area contributed by atoms with Crippen molar-refractivity contribution in [2.24, 2.45) is 5.73 Å². The van der Waals surface area contributed by atoms with Crippen molar-refractivity contribution in [2.75, 3.05) is 6.61 Å². The Balaban J connectivity index is 1.77. The lowest BCUT2D eigenvalue weighted by Crippen LogP contribution is -2.30. The van der Waals surface area contributed by atoms with Gasteiger partial charge in [-0.15, -0.1) is 0 Å². The van der Waals surface area contributed by atoms with E-state index < -0.39 is 29.2 Å². The van der Waals surface area contributed by atoms with E-state index in [1.165, 1.54) is 0 Å². The van der Waals surface area contributed by atoms with Crippen molar-refractivity contribution < 1.29 is 23.0 Å². The number of halogens is 3. The van der Waals surface area contributed by atoms with Crippen LogP contribution in [-0.2, 0) is 22.7 Å². The van der Waals surface area contributed by atoms with Crippen molar-refractivity contribution in [3.8, 4) is 5.75 Å². The lowest BCUT2D eigenvalue weighted by molar-refractivity contribution is -0.139. The zero-order valence-electron chi connectivity index (χ0n) is 18.4. The van der Waals surface area contributed by atoms with Crippen LogP contribution in [0.3, 0.4) is 0 Å². The monoisotopic (exact) mass is 487 g/mol. The molecule has 0 saturated carbocycles. The smallest absolute Gasteiger partial charge is 0.271 e. The Labute approximate surface area is 201 Å². The van der Waals surface area contributed by atoms with Crippen molar-refractivity contribution in [1.82, 2.24) is 4.42 Å². The normalized spacial score (nSPS) is 11.6. The second kappa shape index (κ2) is 11.6. The van der Waals surface area contributed by atoms with E-state index in [-0.39, 0.29) is 31.3 Å². The number of benzene rings is 3. The third-order valence-corrected chi connectivity index (χ3v) is 5.23. The SMILES string of the molecule is CCOC(C(=O)N(Cl)Cc1ccc(C(=N)N)cc1)c1c(F)cc(OCc2ccccc2)cc1F. The summed E-state index contributed by atoms with van der Waals surface area (Å²) < 4.78 is 41.6. The van der Waals surface area contributed by atoms with E-state index in [0.29, 0.717) is 11.1 Å². The maximum atomic E-state index is 14.9. The minimum Gasteiger partial charge on any atom is -0.489 e. The first-order valence-electron chi connectivity index (χ1n) is 10.5. The van der Waals surface area contributed by atoms with Crippen LogP contribution in [0.4, 0.5) is 8.78 Å². The number of rotatable bonds is 10. The zero-order valence-corrected chi connectivity index (χ0v) is 19.2. The number of hydrogen-bond donors (Lipinski definition) is 2. The third-order valence-electron chi connectivity index (χ3n) is 4.95. The van der Waals surface area contributed by atoms with E-state index in [9.17, 15) is 13.6 Å². The molecule has 6 nitrogen and oxygen atoms in total. The van der Waals surface area contributed by atoms with E-state index in [1.807, 2.05) is 30.3 Å². The van der Waals surface area contributed by atoms with E-state index in [1.54, 1.807) is 31.2 Å². The van der Waals surface area contributed by atoms with Crippen LogP contribution in [0.15, 0.2) is 66.7 Å². The molecular weight excluding hydrogens is 464 g/mol. The summed E-state index contributed by atoms with van der Waals surface area (Å²) in [5.41, 5.74) is 6.88. The molecule has 0 spiro atoms. The Kier molecular flexibility index (Phi) is 8.56. The molecule has 0 radical (unpaired) electrons. The van der Waals surface area contributed by atoms with Crippen LogP contribution in [0.2, 0.25) is 0 Å². The summed E-state index contributed by atoms with van der Waals surface area (Å²) in [6, 6.07) is 17.7. The Morgan fingerprint density at radius 1 is 1.06 bits per heavy atom. The quantitative estimate of drug-likeness (QED) is 0.237. The molecule has 34 heavy (non-hydrogen) atoms. The molecule has 0 bridgehead atoms. The number of nitrogens with two attached hydrogens (primary N) is 1. The number of nitrogens with one attached hydrogen (secondary N) is 1. The van der Waals surface area contributed by atoms with Crippen LogP contribution >= 0.6 is 11.8 Å². The molecule has 1 unspecified atom stereocenters. The largest absolute Gasteiger partial charge is 0.489 e. The van der Waals surface area contributed by atoms with Crippen LogP contribution < -0.4 is 10.5 Å². The van der Waals surface area contributed by atoms with Crippen LogP contribution in [0.25, 0.3) is 0 Å². The number of carbonyl (C=O) groups is 1. The highest BCUT2D eigenvalue weighted by Crippen LogP contribution is 2.31. The summed E-state index contributed by atoms with van der Waals surface area (Å²) in [6.45, 7) is 1.71. The minimum atomic E-state index is -1.58. The molecular formula is C25H24ClF2N3O3. The second-order valence-electron chi connectivity index (χ2n) is 7.38. The summed E-state index contributed by atoms with van der Waals surface area (Å²) in [6.07, 6.45) is -1.58. The molecule has 0 heterocycles. The maximum Gasteiger partial charge on any atom is 0.271 e. The predicted molar refractivity (Wildman–Crippen MR) is 125 cm³/mol. The molecule has 3 aromatic rings. The van der Waals surface area contributed by atoms with Gasteiger partial charge in [0.2, 0.25) is 0 Å². The Morgan fingerprint density at radius 3 is 2.24 bits per heavy atom. The summed E-state index contributed by atoms with van der Waals surface area (Å²) in [7, 11) is 0. The zero-order chi connectivity index (χ0) is 24.7. The first-order chi connectivity index (χ1) is 16.3. The Bertz CT molecular complexity index is 1120. The van der Waals surface area contributed by atoms with Crippen LogP contribution in [0, 0.1) is 17.0 Å². The highest BCUT2D eigenvalue weighted by molar-refractivity contribution is 6.21. The number of nitrogens with zero attached hydrogens (tertiary/aromatic N) is 1. The molecule has 0 saturated heterocycles. The lowest BCUT2D eigenvalue weighted by Gasteiger charge is -2.23. The molecule has 1 atom stereocenters. The van der Waals surface area contributed by atoms with E-state index >= 15 is 0 Å². The van der Waals surface area contributed by atoms with Gasteiger partial charge in [0, 0.05) is 36.1 Å². The minimum absolute atomic E-state index is 0.0152. The topological polar surface area (TPSA) is 88.6 Å². The summed E-state index contributed by atoms with van der Waals surface area (Å²) >= 11 is 6.17. The van der Waals surface area contributed by atoms with Crippen LogP contribution in [-0.4, -0.2) is 22.8 Å². The molecule has 3 rings (SSSR count). The van der Waals surface area contributed by atoms with Gasteiger partial charge < -0.3 is 15.2 Å².